The Morgan fingerprint density at radius 1 is 1.27 bits per heavy atom. The van der Waals surface area contributed by atoms with Gasteiger partial charge in [0.1, 0.15) is 12.4 Å². The van der Waals surface area contributed by atoms with Gasteiger partial charge >= 0.3 is 5.97 Å². The third kappa shape index (κ3) is 4.93. The molecule has 1 atom stereocenters. The first-order valence-corrected chi connectivity index (χ1v) is 5.12. The molecule has 0 aromatic heterocycles. The average Bonchev–Trinajstić information content (AvgIpc) is 2.15. The van der Waals surface area contributed by atoms with Crippen LogP contribution < -0.4 is 0 Å². The maximum atomic E-state index is 11.4. The number of carbonyl (C=O) groups is 2. The minimum atomic E-state index is -0.724. The summed E-state index contributed by atoms with van der Waals surface area (Å²) in [6, 6.07) is 0. The maximum Gasteiger partial charge on any atom is 0.305 e. The zero-order chi connectivity index (χ0) is 11.9. The van der Waals surface area contributed by atoms with E-state index in [4.69, 9.17) is 9.47 Å². The molecule has 0 fully saturated rings. The van der Waals surface area contributed by atoms with E-state index in [1.165, 1.54) is 14.0 Å². The highest BCUT2D eigenvalue weighted by Gasteiger charge is 2.31. The number of ether oxygens (including phenoxy) is 2. The van der Waals surface area contributed by atoms with Gasteiger partial charge in [0.2, 0.25) is 0 Å². The number of carbonyl (C=O) groups excluding carboxylic acids is 2. The van der Waals surface area contributed by atoms with E-state index in [0.717, 1.165) is 6.42 Å². The molecule has 0 aromatic rings. The van der Waals surface area contributed by atoms with Crippen LogP contribution in [0.2, 0.25) is 0 Å². The molecule has 88 valence electrons. The van der Waals surface area contributed by atoms with Gasteiger partial charge in [-0.15, -0.1) is 0 Å². The van der Waals surface area contributed by atoms with Gasteiger partial charge in [0.05, 0.1) is 12.0 Å². The van der Waals surface area contributed by atoms with Gasteiger partial charge in [-0.25, -0.2) is 0 Å². The van der Waals surface area contributed by atoms with Gasteiger partial charge in [0, 0.05) is 13.5 Å². The first-order valence-electron chi connectivity index (χ1n) is 5.12. The van der Waals surface area contributed by atoms with Gasteiger partial charge in [0.15, 0.2) is 0 Å². The minimum Gasteiger partial charge on any atom is -0.465 e. The molecule has 0 radical (unpaired) electrons. The SMILES string of the molecule is CCCC(=O)OCC(C)(COC)C(C)=O. The largest absolute Gasteiger partial charge is 0.465 e. The maximum absolute atomic E-state index is 11.4. The summed E-state index contributed by atoms with van der Waals surface area (Å²) in [4.78, 5) is 22.5. The Morgan fingerprint density at radius 2 is 1.87 bits per heavy atom. The van der Waals surface area contributed by atoms with Crippen molar-refractivity contribution in [2.24, 2.45) is 5.41 Å². The summed E-state index contributed by atoms with van der Waals surface area (Å²) in [6.45, 7) is 5.47. The van der Waals surface area contributed by atoms with Crippen LogP contribution in [-0.4, -0.2) is 32.1 Å². The Kier molecular flexibility index (Phi) is 6.17. The van der Waals surface area contributed by atoms with Gasteiger partial charge in [-0.3, -0.25) is 9.59 Å². The number of methoxy groups -OCH3 is 1. The molecule has 1 unspecified atom stereocenters. The zero-order valence-electron chi connectivity index (χ0n) is 9.96. The van der Waals surface area contributed by atoms with Crippen molar-refractivity contribution in [3.8, 4) is 0 Å². The number of rotatable bonds is 7. The summed E-state index contributed by atoms with van der Waals surface area (Å²) in [5.41, 5.74) is -0.724. The van der Waals surface area contributed by atoms with Crippen molar-refractivity contribution in [1.29, 1.82) is 0 Å². The van der Waals surface area contributed by atoms with Crippen molar-refractivity contribution >= 4 is 11.8 Å². The van der Waals surface area contributed by atoms with Crippen molar-refractivity contribution < 1.29 is 19.1 Å². The fourth-order valence-corrected chi connectivity index (χ4v) is 1.08. The molecule has 0 rings (SSSR count). The first-order chi connectivity index (χ1) is 6.96. The van der Waals surface area contributed by atoms with Crippen molar-refractivity contribution in [3.63, 3.8) is 0 Å². The fourth-order valence-electron chi connectivity index (χ4n) is 1.08. The van der Waals surface area contributed by atoms with Gasteiger partial charge in [-0.2, -0.15) is 0 Å². The Balaban J connectivity index is 4.18. The van der Waals surface area contributed by atoms with E-state index in [-0.39, 0.29) is 25.0 Å². The van der Waals surface area contributed by atoms with Crippen LogP contribution in [0.5, 0.6) is 0 Å². The summed E-state index contributed by atoms with van der Waals surface area (Å²) in [6.07, 6.45) is 1.14. The predicted octanol–water partition coefficient (Wildman–Crippen LogP) is 1.57. The van der Waals surface area contributed by atoms with Crippen LogP contribution in [0, 0.1) is 5.41 Å². The van der Waals surface area contributed by atoms with E-state index in [2.05, 4.69) is 0 Å². The summed E-state index contributed by atoms with van der Waals surface area (Å²) in [5, 5.41) is 0. The standard InChI is InChI=1S/C11H20O4/c1-5-6-10(13)15-8-11(3,7-14-4)9(2)12/h5-8H2,1-4H3. The second-order valence-electron chi connectivity index (χ2n) is 3.96. The highest BCUT2D eigenvalue weighted by molar-refractivity contribution is 5.82. The lowest BCUT2D eigenvalue weighted by Crippen LogP contribution is -2.36. The molecule has 4 nitrogen and oxygen atoms in total. The Hall–Kier alpha value is -0.900. The quantitative estimate of drug-likeness (QED) is 0.606. The van der Waals surface area contributed by atoms with Crippen LogP contribution in [0.3, 0.4) is 0 Å². The van der Waals surface area contributed by atoms with Gasteiger partial charge in [-0.1, -0.05) is 6.92 Å². The van der Waals surface area contributed by atoms with Gasteiger partial charge in [-0.05, 0) is 20.3 Å². The van der Waals surface area contributed by atoms with E-state index < -0.39 is 5.41 Å². The Bertz CT molecular complexity index is 225. The third-order valence-corrected chi connectivity index (χ3v) is 2.32. The molecular formula is C11H20O4. The molecule has 0 heterocycles. The molecule has 0 saturated carbocycles. The Morgan fingerprint density at radius 3 is 2.27 bits per heavy atom. The Labute approximate surface area is 90.9 Å². The van der Waals surface area contributed by atoms with Crippen molar-refractivity contribution in [2.45, 2.75) is 33.6 Å². The second-order valence-corrected chi connectivity index (χ2v) is 3.96. The molecule has 0 aromatic carbocycles. The lowest BCUT2D eigenvalue weighted by Gasteiger charge is -2.25. The molecule has 15 heavy (non-hydrogen) atoms. The van der Waals surface area contributed by atoms with E-state index in [0.29, 0.717) is 6.42 Å². The second kappa shape index (κ2) is 6.56. The zero-order valence-corrected chi connectivity index (χ0v) is 9.96. The summed E-state index contributed by atoms with van der Waals surface area (Å²) >= 11 is 0. The monoisotopic (exact) mass is 216 g/mol. The number of hydrogen-bond acceptors (Lipinski definition) is 4. The van der Waals surface area contributed by atoms with E-state index >= 15 is 0 Å². The molecule has 0 aliphatic rings. The molecule has 0 amide bonds. The van der Waals surface area contributed by atoms with Crippen LogP contribution >= 0.6 is 0 Å². The van der Waals surface area contributed by atoms with Crippen molar-refractivity contribution in [2.75, 3.05) is 20.3 Å². The summed E-state index contributed by atoms with van der Waals surface area (Å²) < 4.78 is 9.97. The summed E-state index contributed by atoms with van der Waals surface area (Å²) in [7, 11) is 1.52. The number of esters is 1. The lowest BCUT2D eigenvalue weighted by atomic mass is 9.88. The fraction of sp³-hybridized carbons (Fsp3) is 0.818. The lowest BCUT2D eigenvalue weighted by molar-refractivity contribution is -0.151. The molecule has 0 spiro atoms. The third-order valence-electron chi connectivity index (χ3n) is 2.32. The van der Waals surface area contributed by atoms with Crippen LogP contribution in [0.25, 0.3) is 0 Å². The van der Waals surface area contributed by atoms with Crippen LogP contribution in [0.15, 0.2) is 0 Å². The normalized spacial score (nSPS) is 14.4. The minimum absolute atomic E-state index is 0.0337. The van der Waals surface area contributed by atoms with E-state index in [1.807, 2.05) is 6.92 Å². The van der Waals surface area contributed by atoms with Crippen molar-refractivity contribution in [3.05, 3.63) is 0 Å². The molecule has 0 saturated heterocycles. The average molecular weight is 216 g/mol. The van der Waals surface area contributed by atoms with E-state index in [9.17, 15) is 9.59 Å². The van der Waals surface area contributed by atoms with Gasteiger partial charge < -0.3 is 9.47 Å². The van der Waals surface area contributed by atoms with Gasteiger partial charge in [0.25, 0.3) is 0 Å². The van der Waals surface area contributed by atoms with E-state index in [1.54, 1.807) is 6.92 Å². The number of ketones is 1. The van der Waals surface area contributed by atoms with Crippen LogP contribution in [0.1, 0.15) is 33.6 Å². The van der Waals surface area contributed by atoms with Crippen LogP contribution in [-0.2, 0) is 19.1 Å². The molecular weight excluding hydrogens is 196 g/mol. The predicted molar refractivity (Wildman–Crippen MR) is 56.5 cm³/mol. The molecule has 0 bridgehead atoms. The van der Waals surface area contributed by atoms with Crippen molar-refractivity contribution in [1.82, 2.24) is 0 Å². The number of Topliss-reactive ketones (excluding diaryl/α,β-unsaturated/α-hetero) is 1. The highest BCUT2D eigenvalue weighted by atomic mass is 16.5. The summed E-state index contributed by atoms with van der Waals surface area (Å²) in [5.74, 6) is -0.297. The molecule has 4 heteroatoms. The highest BCUT2D eigenvalue weighted by Crippen LogP contribution is 2.18. The smallest absolute Gasteiger partial charge is 0.305 e. The number of hydrogen-bond donors (Lipinski definition) is 0. The molecule has 0 N–H and O–H groups in total. The molecule has 0 aliphatic heterocycles. The topological polar surface area (TPSA) is 52.6 Å². The molecule has 0 aliphatic carbocycles. The first kappa shape index (κ1) is 14.1. The van der Waals surface area contributed by atoms with Crippen LogP contribution in [0.4, 0.5) is 0 Å².